The summed E-state index contributed by atoms with van der Waals surface area (Å²) in [5.41, 5.74) is 3.98. The number of carbonyl (C=O) groups is 2. The quantitative estimate of drug-likeness (QED) is 0.332. The summed E-state index contributed by atoms with van der Waals surface area (Å²) in [6.45, 7) is 3.93. The third-order valence-corrected chi connectivity index (χ3v) is 6.06. The molecular formula is C24H26F3N3O6. The monoisotopic (exact) mass is 509 g/mol. The second-order valence-corrected chi connectivity index (χ2v) is 8.36. The Morgan fingerprint density at radius 3 is 2.42 bits per heavy atom. The van der Waals surface area contributed by atoms with Crippen LogP contribution in [0, 0.1) is 0 Å². The fraction of sp³-hybridized carbons (Fsp3) is 0.375. The van der Waals surface area contributed by atoms with Crippen molar-refractivity contribution in [3.05, 3.63) is 50.9 Å². The molecule has 2 aromatic heterocycles. The number of aromatic amines is 1. The van der Waals surface area contributed by atoms with E-state index in [2.05, 4.69) is 41.0 Å². The second-order valence-electron chi connectivity index (χ2n) is 8.36. The van der Waals surface area contributed by atoms with Gasteiger partial charge < -0.3 is 30.2 Å². The summed E-state index contributed by atoms with van der Waals surface area (Å²) in [5, 5.41) is 31.3. The SMILES string of the molecule is CCNCCc1cc2cc3c(cc2n1C)CCCc1c-3[nH]c(=O)c(C(=O)O)c1O.O=C(O)C(F)(F)F. The summed E-state index contributed by atoms with van der Waals surface area (Å²) in [6.07, 6.45) is -2.10. The third-order valence-electron chi connectivity index (χ3n) is 6.06. The highest BCUT2D eigenvalue weighted by molar-refractivity contribution is 5.93. The Kier molecular flexibility index (Phi) is 7.77. The van der Waals surface area contributed by atoms with E-state index >= 15 is 0 Å². The van der Waals surface area contributed by atoms with Crippen molar-refractivity contribution in [1.29, 1.82) is 0 Å². The van der Waals surface area contributed by atoms with Crippen LogP contribution in [0.5, 0.6) is 5.75 Å². The largest absolute Gasteiger partial charge is 0.506 e. The Labute approximate surface area is 203 Å². The molecule has 12 heteroatoms. The highest BCUT2D eigenvalue weighted by Crippen LogP contribution is 2.38. The Morgan fingerprint density at radius 1 is 1.17 bits per heavy atom. The van der Waals surface area contributed by atoms with E-state index in [-0.39, 0.29) is 0 Å². The third kappa shape index (κ3) is 5.38. The average Bonchev–Trinajstić information content (AvgIpc) is 2.97. The van der Waals surface area contributed by atoms with Gasteiger partial charge in [0.1, 0.15) is 5.75 Å². The minimum atomic E-state index is -5.08. The molecule has 0 amide bonds. The van der Waals surface area contributed by atoms with Gasteiger partial charge in [-0.1, -0.05) is 6.92 Å². The van der Waals surface area contributed by atoms with Gasteiger partial charge in [0.25, 0.3) is 5.56 Å². The van der Waals surface area contributed by atoms with Crippen molar-refractivity contribution in [2.24, 2.45) is 7.05 Å². The number of rotatable bonds is 5. The summed E-state index contributed by atoms with van der Waals surface area (Å²) in [5.74, 6) is -4.59. The number of alkyl halides is 3. The first-order valence-electron chi connectivity index (χ1n) is 11.2. The molecule has 2 heterocycles. The molecule has 5 N–H and O–H groups in total. The molecule has 0 fully saturated rings. The van der Waals surface area contributed by atoms with Gasteiger partial charge in [-0.3, -0.25) is 4.79 Å². The molecule has 1 aliphatic rings. The molecule has 3 aromatic rings. The topological polar surface area (TPSA) is 145 Å². The summed E-state index contributed by atoms with van der Waals surface area (Å²) < 4.78 is 33.9. The molecule has 9 nitrogen and oxygen atoms in total. The van der Waals surface area contributed by atoms with Crippen LogP contribution < -0.4 is 10.9 Å². The van der Waals surface area contributed by atoms with Gasteiger partial charge in [-0.05, 0) is 49.6 Å². The van der Waals surface area contributed by atoms with Gasteiger partial charge >= 0.3 is 18.1 Å². The minimum Gasteiger partial charge on any atom is -0.506 e. The smallest absolute Gasteiger partial charge is 0.490 e. The number of hydrogen-bond acceptors (Lipinski definition) is 5. The molecule has 0 atom stereocenters. The first-order valence-corrected chi connectivity index (χ1v) is 11.2. The molecule has 0 spiro atoms. The minimum absolute atomic E-state index is 0.413. The van der Waals surface area contributed by atoms with Crippen molar-refractivity contribution >= 4 is 22.8 Å². The molecular weight excluding hydrogens is 483 g/mol. The Bertz CT molecular complexity index is 1370. The fourth-order valence-electron chi connectivity index (χ4n) is 4.31. The number of halogens is 3. The molecule has 0 aliphatic heterocycles. The number of nitrogens with one attached hydrogen (secondary N) is 2. The zero-order valence-electron chi connectivity index (χ0n) is 19.6. The van der Waals surface area contributed by atoms with Crippen molar-refractivity contribution in [3.8, 4) is 17.0 Å². The van der Waals surface area contributed by atoms with Gasteiger partial charge in [0.2, 0.25) is 0 Å². The van der Waals surface area contributed by atoms with E-state index in [4.69, 9.17) is 9.90 Å². The number of carboxylic acid groups (broad SMARTS) is 2. The average molecular weight is 509 g/mol. The summed E-state index contributed by atoms with van der Waals surface area (Å²) in [7, 11) is 2.06. The van der Waals surface area contributed by atoms with Gasteiger partial charge in [-0.25, -0.2) is 9.59 Å². The maximum atomic E-state index is 12.3. The Balaban J connectivity index is 0.000000454. The standard InChI is InChI=1S/C22H25N3O4.C2HF3O2/c1-3-23-8-7-14-9-13-10-16-12(11-17(13)25(14)2)5-4-6-15-19(16)24-21(27)18(20(15)26)22(28)29;3-2(4,5)1(6)7/h9-11,23H,3-8H2,1-2H3,(H,28,29)(H2,24,26,27);(H,6,7). The van der Waals surface area contributed by atoms with Crippen LogP contribution in [-0.4, -0.2) is 56.1 Å². The number of benzene rings is 1. The van der Waals surface area contributed by atoms with Crippen LogP contribution in [0.1, 0.15) is 40.5 Å². The highest BCUT2D eigenvalue weighted by Gasteiger charge is 2.38. The van der Waals surface area contributed by atoms with Crippen LogP contribution in [0.3, 0.4) is 0 Å². The van der Waals surface area contributed by atoms with E-state index in [9.17, 15) is 33.0 Å². The number of aromatic hydroxyl groups is 1. The second kappa shape index (κ2) is 10.4. The van der Waals surface area contributed by atoms with Gasteiger partial charge in [0.15, 0.2) is 5.56 Å². The Morgan fingerprint density at radius 2 is 1.83 bits per heavy atom. The van der Waals surface area contributed by atoms with E-state index in [1.165, 1.54) is 5.69 Å². The van der Waals surface area contributed by atoms with E-state index < -0.39 is 35.0 Å². The van der Waals surface area contributed by atoms with Crippen LogP contribution in [-0.2, 0) is 31.1 Å². The van der Waals surface area contributed by atoms with E-state index in [0.717, 1.165) is 54.4 Å². The summed E-state index contributed by atoms with van der Waals surface area (Å²) in [4.78, 5) is 35.4. The van der Waals surface area contributed by atoms with Crippen LogP contribution >= 0.6 is 0 Å². The van der Waals surface area contributed by atoms with Crippen LogP contribution in [0.15, 0.2) is 23.0 Å². The van der Waals surface area contributed by atoms with Gasteiger partial charge in [0.05, 0.1) is 5.69 Å². The van der Waals surface area contributed by atoms with Crippen LogP contribution in [0.25, 0.3) is 22.2 Å². The van der Waals surface area contributed by atoms with Crippen molar-refractivity contribution in [3.63, 3.8) is 0 Å². The highest BCUT2D eigenvalue weighted by atomic mass is 19.4. The van der Waals surface area contributed by atoms with Gasteiger partial charge in [0, 0.05) is 47.7 Å². The first kappa shape index (κ1) is 26.8. The lowest BCUT2D eigenvalue weighted by Gasteiger charge is -2.13. The molecule has 0 saturated carbocycles. The number of aromatic carboxylic acids is 1. The lowest BCUT2D eigenvalue weighted by molar-refractivity contribution is -0.192. The molecule has 1 aromatic carbocycles. The number of aryl methyl sites for hydroxylation is 2. The molecule has 4 rings (SSSR count). The molecule has 1 aliphatic carbocycles. The molecule has 0 saturated heterocycles. The van der Waals surface area contributed by atoms with Crippen molar-refractivity contribution in [2.75, 3.05) is 13.1 Å². The lowest BCUT2D eigenvalue weighted by atomic mass is 9.98. The summed E-state index contributed by atoms with van der Waals surface area (Å²) >= 11 is 0. The number of aliphatic carboxylic acids is 1. The normalized spacial score (nSPS) is 12.8. The van der Waals surface area contributed by atoms with Crippen molar-refractivity contribution < 1.29 is 38.1 Å². The number of fused-ring (bicyclic) bond motifs is 4. The Hall–Kier alpha value is -3.80. The molecule has 36 heavy (non-hydrogen) atoms. The van der Waals surface area contributed by atoms with E-state index in [0.29, 0.717) is 17.7 Å². The molecule has 194 valence electrons. The zero-order chi connectivity index (χ0) is 26.8. The van der Waals surface area contributed by atoms with Crippen LogP contribution in [0.2, 0.25) is 0 Å². The predicted octanol–water partition coefficient (Wildman–Crippen LogP) is 3.21. The maximum absolute atomic E-state index is 12.3. The number of nitrogens with zero attached hydrogens (tertiary/aromatic N) is 1. The summed E-state index contributed by atoms with van der Waals surface area (Å²) in [6, 6.07) is 6.35. The number of likely N-dealkylation sites (N-methyl/N-ethyl adjacent to an activating group) is 1. The van der Waals surface area contributed by atoms with E-state index in [1.54, 1.807) is 0 Å². The molecule has 0 unspecified atom stereocenters. The number of H-pyrrole nitrogens is 1. The number of aromatic nitrogens is 2. The maximum Gasteiger partial charge on any atom is 0.490 e. The zero-order valence-corrected chi connectivity index (χ0v) is 19.6. The molecule has 0 radical (unpaired) electrons. The number of carboxylic acids is 2. The van der Waals surface area contributed by atoms with E-state index in [1.807, 2.05) is 6.07 Å². The van der Waals surface area contributed by atoms with Gasteiger partial charge in [-0.15, -0.1) is 0 Å². The van der Waals surface area contributed by atoms with Crippen molar-refractivity contribution in [2.45, 2.75) is 38.8 Å². The van der Waals surface area contributed by atoms with Crippen molar-refractivity contribution in [1.82, 2.24) is 14.9 Å². The molecule has 0 bridgehead atoms. The number of pyridine rings is 1. The van der Waals surface area contributed by atoms with Crippen LogP contribution in [0.4, 0.5) is 13.2 Å². The van der Waals surface area contributed by atoms with Gasteiger partial charge in [-0.2, -0.15) is 13.2 Å². The lowest BCUT2D eigenvalue weighted by Crippen LogP contribution is -2.21. The predicted molar refractivity (Wildman–Crippen MR) is 126 cm³/mol. The number of hydrogen-bond donors (Lipinski definition) is 5. The first-order chi connectivity index (χ1) is 16.9. The fourth-order valence-corrected chi connectivity index (χ4v) is 4.31.